The molecular formula is C25H28N2O4S. The van der Waals surface area contributed by atoms with Crippen LogP contribution in [0.3, 0.4) is 0 Å². The van der Waals surface area contributed by atoms with E-state index in [1.807, 2.05) is 6.07 Å². The third-order valence-corrected chi connectivity index (χ3v) is 8.39. The van der Waals surface area contributed by atoms with Crippen LogP contribution in [0.25, 0.3) is 10.9 Å². The molecule has 0 bridgehead atoms. The summed E-state index contributed by atoms with van der Waals surface area (Å²) in [5.41, 5.74) is 4.69. The molecule has 2 aliphatic carbocycles. The Labute approximate surface area is 188 Å². The van der Waals surface area contributed by atoms with Gasteiger partial charge in [-0.2, -0.15) is 0 Å². The highest BCUT2D eigenvalue weighted by atomic mass is 32.2. The van der Waals surface area contributed by atoms with Crippen LogP contribution in [0.4, 0.5) is 5.69 Å². The van der Waals surface area contributed by atoms with E-state index >= 15 is 0 Å². The minimum Gasteiger partial charge on any atom is -0.462 e. The van der Waals surface area contributed by atoms with Crippen LogP contribution >= 0.6 is 0 Å². The lowest BCUT2D eigenvalue weighted by atomic mass is 9.72. The topological polar surface area (TPSA) is 88.3 Å². The number of benzene rings is 2. The van der Waals surface area contributed by atoms with Crippen molar-refractivity contribution in [1.29, 1.82) is 0 Å². The van der Waals surface area contributed by atoms with E-state index in [0.29, 0.717) is 17.9 Å². The van der Waals surface area contributed by atoms with Crippen LogP contribution in [-0.2, 0) is 26.6 Å². The smallest absolute Gasteiger partial charge is 0.338 e. The Hall–Kier alpha value is -2.80. The molecule has 6 nitrogen and oxygen atoms in total. The lowest BCUT2D eigenvalue weighted by Gasteiger charge is -2.33. The van der Waals surface area contributed by atoms with Crippen molar-refractivity contribution in [2.75, 3.05) is 11.3 Å². The molecule has 1 heterocycles. The number of rotatable bonds is 5. The Kier molecular flexibility index (Phi) is 5.24. The number of aromatic amines is 1. The predicted molar refractivity (Wildman–Crippen MR) is 125 cm³/mol. The van der Waals surface area contributed by atoms with E-state index in [4.69, 9.17) is 4.74 Å². The Morgan fingerprint density at radius 1 is 1.06 bits per heavy atom. The quantitative estimate of drug-likeness (QED) is 0.515. The highest BCUT2D eigenvalue weighted by Gasteiger charge is 2.41. The summed E-state index contributed by atoms with van der Waals surface area (Å²) in [6.07, 6.45) is 8.36. The number of aryl methyl sites for hydroxylation is 1. The number of fused-ring (bicyclic) bond motifs is 4. The lowest BCUT2D eigenvalue weighted by Crippen LogP contribution is -2.27. The van der Waals surface area contributed by atoms with Crippen molar-refractivity contribution in [2.45, 2.75) is 62.2 Å². The number of anilines is 1. The minimum atomic E-state index is -3.76. The van der Waals surface area contributed by atoms with Crippen molar-refractivity contribution in [3.63, 3.8) is 0 Å². The summed E-state index contributed by atoms with van der Waals surface area (Å²) in [5, 5.41) is 1.02. The van der Waals surface area contributed by atoms with Crippen molar-refractivity contribution >= 4 is 32.6 Å². The number of carbonyl (C=O) groups excluding carboxylic acids is 1. The maximum absolute atomic E-state index is 13.1. The second-order valence-electron chi connectivity index (χ2n) is 8.93. The Morgan fingerprint density at radius 2 is 1.78 bits per heavy atom. The third kappa shape index (κ3) is 3.58. The summed E-state index contributed by atoms with van der Waals surface area (Å²) in [6.45, 7) is 2.03. The number of ether oxygens (including phenoxy) is 1. The van der Waals surface area contributed by atoms with Gasteiger partial charge >= 0.3 is 5.97 Å². The summed E-state index contributed by atoms with van der Waals surface area (Å²) in [4.78, 5) is 15.7. The molecule has 1 aromatic heterocycles. The summed E-state index contributed by atoms with van der Waals surface area (Å²) in [5.74, 6) is -0.426. The Morgan fingerprint density at radius 3 is 2.50 bits per heavy atom. The van der Waals surface area contributed by atoms with E-state index in [1.165, 1.54) is 43.4 Å². The molecule has 1 saturated carbocycles. The molecule has 0 atom stereocenters. The van der Waals surface area contributed by atoms with E-state index in [2.05, 4.69) is 9.71 Å². The van der Waals surface area contributed by atoms with Crippen molar-refractivity contribution in [1.82, 2.24) is 4.98 Å². The average molecular weight is 453 g/mol. The molecule has 5 rings (SSSR count). The summed E-state index contributed by atoms with van der Waals surface area (Å²) < 4.78 is 33.8. The number of hydrogen-bond acceptors (Lipinski definition) is 4. The van der Waals surface area contributed by atoms with Crippen LogP contribution in [0.15, 0.2) is 47.4 Å². The van der Waals surface area contributed by atoms with Gasteiger partial charge in [-0.1, -0.05) is 12.8 Å². The van der Waals surface area contributed by atoms with Crippen LogP contribution in [0, 0.1) is 0 Å². The fraction of sp³-hybridized carbons (Fsp3) is 0.400. The van der Waals surface area contributed by atoms with Crippen molar-refractivity contribution < 1.29 is 17.9 Å². The highest BCUT2D eigenvalue weighted by Crippen LogP contribution is 2.50. The first kappa shape index (κ1) is 21.1. The van der Waals surface area contributed by atoms with Gasteiger partial charge in [0.05, 0.1) is 17.1 Å². The minimum absolute atomic E-state index is 0.243. The number of aromatic nitrogens is 1. The highest BCUT2D eigenvalue weighted by molar-refractivity contribution is 7.92. The first-order valence-corrected chi connectivity index (χ1v) is 12.9. The maximum Gasteiger partial charge on any atom is 0.338 e. The number of nitrogens with one attached hydrogen (secondary N) is 2. The normalized spacial score (nSPS) is 17.4. The number of H-pyrrole nitrogens is 1. The molecule has 2 aliphatic rings. The molecule has 2 aromatic carbocycles. The van der Waals surface area contributed by atoms with Gasteiger partial charge in [0.25, 0.3) is 10.0 Å². The Balaban J connectivity index is 1.45. The van der Waals surface area contributed by atoms with Gasteiger partial charge in [0, 0.05) is 27.7 Å². The van der Waals surface area contributed by atoms with Gasteiger partial charge in [-0.05, 0) is 87.1 Å². The molecule has 0 amide bonds. The zero-order chi connectivity index (χ0) is 22.3. The van der Waals surface area contributed by atoms with Gasteiger partial charge in [-0.25, -0.2) is 13.2 Å². The summed E-state index contributed by atoms with van der Waals surface area (Å²) in [6, 6.07) is 11.6. The van der Waals surface area contributed by atoms with Crippen molar-refractivity contribution in [2.24, 2.45) is 0 Å². The number of hydrogen-bond donors (Lipinski definition) is 2. The largest absolute Gasteiger partial charge is 0.462 e. The second-order valence-corrected chi connectivity index (χ2v) is 10.6. The van der Waals surface area contributed by atoms with Gasteiger partial charge in [0.2, 0.25) is 0 Å². The van der Waals surface area contributed by atoms with Crippen LogP contribution in [-0.4, -0.2) is 26.0 Å². The van der Waals surface area contributed by atoms with Crippen molar-refractivity contribution in [3.8, 4) is 0 Å². The molecule has 0 aliphatic heterocycles. The SMILES string of the molecule is CCOC(=O)c1ccc(NS(=O)(=O)c2ccc3[nH]c4c(c3c2)CCCC42CCCC2)cc1. The fourth-order valence-electron chi connectivity index (χ4n) is 5.49. The second kappa shape index (κ2) is 7.96. The molecule has 0 saturated heterocycles. The fourth-order valence-corrected chi connectivity index (χ4v) is 6.57. The van der Waals surface area contributed by atoms with Gasteiger partial charge in [0.15, 0.2) is 0 Å². The van der Waals surface area contributed by atoms with Gasteiger partial charge in [-0.15, -0.1) is 0 Å². The molecule has 1 spiro atoms. The average Bonchev–Trinajstić information content (AvgIpc) is 3.40. The first-order valence-electron chi connectivity index (χ1n) is 11.4. The van der Waals surface area contributed by atoms with Crippen LogP contribution in [0.5, 0.6) is 0 Å². The van der Waals surface area contributed by atoms with Gasteiger partial charge < -0.3 is 9.72 Å². The standard InChI is InChI=1S/C25H28N2O4S/c1-2-31-24(28)17-7-9-18(10-8-17)27-32(29,30)19-11-12-22-21(16-19)20-6-5-15-25(23(20)26-22)13-3-4-14-25/h7-12,16,26-27H,2-6,13-15H2,1H3. The predicted octanol–water partition coefficient (Wildman–Crippen LogP) is 5.29. The van der Waals surface area contributed by atoms with Crippen LogP contribution in [0.2, 0.25) is 0 Å². The zero-order valence-electron chi connectivity index (χ0n) is 18.2. The number of carbonyl (C=O) groups is 1. The monoisotopic (exact) mass is 452 g/mol. The van der Waals surface area contributed by atoms with Crippen LogP contribution in [0.1, 0.15) is 67.1 Å². The van der Waals surface area contributed by atoms with Crippen molar-refractivity contribution in [3.05, 3.63) is 59.3 Å². The summed E-state index contributed by atoms with van der Waals surface area (Å²) >= 11 is 0. The molecule has 1 fully saturated rings. The maximum atomic E-state index is 13.1. The van der Waals surface area contributed by atoms with Gasteiger partial charge in [-0.3, -0.25) is 4.72 Å². The van der Waals surface area contributed by atoms with E-state index < -0.39 is 16.0 Å². The van der Waals surface area contributed by atoms with E-state index in [-0.39, 0.29) is 10.3 Å². The van der Waals surface area contributed by atoms with Crippen LogP contribution < -0.4 is 4.72 Å². The van der Waals surface area contributed by atoms with E-state index in [1.54, 1.807) is 43.3 Å². The molecule has 0 unspecified atom stereocenters. The number of sulfonamides is 1. The molecule has 2 N–H and O–H groups in total. The van der Waals surface area contributed by atoms with E-state index in [0.717, 1.165) is 23.7 Å². The molecule has 7 heteroatoms. The first-order chi connectivity index (χ1) is 15.4. The summed E-state index contributed by atoms with van der Waals surface area (Å²) in [7, 11) is -3.76. The van der Waals surface area contributed by atoms with E-state index in [9.17, 15) is 13.2 Å². The zero-order valence-corrected chi connectivity index (χ0v) is 19.1. The molecule has 32 heavy (non-hydrogen) atoms. The Bertz CT molecular complexity index is 1270. The van der Waals surface area contributed by atoms with Gasteiger partial charge in [0.1, 0.15) is 0 Å². The number of esters is 1. The lowest BCUT2D eigenvalue weighted by molar-refractivity contribution is 0.0526. The molecule has 0 radical (unpaired) electrons. The molecule has 168 valence electrons. The molecular weight excluding hydrogens is 424 g/mol. The molecule has 3 aromatic rings. The third-order valence-electron chi connectivity index (χ3n) is 7.01.